The Morgan fingerprint density at radius 1 is 1.21 bits per heavy atom. The summed E-state index contributed by atoms with van der Waals surface area (Å²) >= 11 is 7.69. The van der Waals surface area contributed by atoms with E-state index in [1.54, 1.807) is 6.92 Å². The number of amides is 1. The molecule has 6 rings (SSSR count). The van der Waals surface area contributed by atoms with Crippen molar-refractivity contribution in [2.75, 3.05) is 0 Å². The van der Waals surface area contributed by atoms with Crippen LogP contribution in [0.1, 0.15) is 31.7 Å². The Bertz CT molecular complexity index is 1040. The molecule has 3 aliphatic rings. The van der Waals surface area contributed by atoms with E-state index in [2.05, 4.69) is 27.3 Å². The molecule has 29 heavy (non-hydrogen) atoms. The molecule has 3 heterocycles. The number of para-hydroxylation sites is 1. The van der Waals surface area contributed by atoms with E-state index in [9.17, 15) is 4.79 Å². The zero-order valence-electron chi connectivity index (χ0n) is 16.1. The second-order valence-corrected chi connectivity index (χ2v) is 9.30. The number of piperidine rings is 1. The standard InChI is InChI=1S/C22H22ClN3O2S/c1-13(27)24-15-9-16-11-17(10-15)26(16)12-14-5-7-18(8-6-14)28-22-25-21-19(23)3-2-4-20(21)29-22/h2-8,15-17H,9-12H2,1H3,(H,24,27)/t15?,16-,17?/m0/s1. The summed E-state index contributed by atoms with van der Waals surface area (Å²) in [5, 5.41) is 4.32. The van der Waals surface area contributed by atoms with Crippen molar-refractivity contribution >= 4 is 39.1 Å². The number of nitrogens with one attached hydrogen (secondary N) is 1. The first-order chi connectivity index (χ1) is 14.0. The van der Waals surface area contributed by atoms with E-state index in [0.29, 0.717) is 28.3 Å². The Morgan fingerprint density at radius 2 is 1.97 bits per heavy atom. The molecule has 1 aliphatic carbocycles. The molecule has 150 valence electrons. The smallest absolute Gasteiger partial charge is 0.279 e. The lowest BCUT2D eigenvalue weighted by Gasteiger charge is -2.55. The van der Waals surface area contributed by atoms with Crippen molar-refractivity contribution in [3.8, 4) is 10.9 Å². The van der Waals surface area contributed by atoms with E-state index in [1.165, 1.54) is 23.3 Å². The molecule has 3 aromatic rings. The molecular weight excluding hydrogens is 406 g/mol. The van der Waals surface area contributed by atoms with Crippen molar-refractivity contribution in [1.82, 2.24) is 15.2 Å². The number of aromatic nitrogens is 1. The summed E-state index contributed by atoms with van der Waals surface area (Å²) in [6.45, 7) is 2.55. The van der Waals surface area contributed by atoms with E-state index < -0.39 is 0 Å². The predicted molar refractivity (Wildman–Crippen MR) is 116 cm³/mol. The maximum absolute atomic E-state index is 11.3. The van der Waals surface area contributed by atoms with Crippen LogP contribution in [-0.2, 0) is 11.3 Å². The third kappa shape index (κ3) is 3.84. The molecular formula is C22H22ClN3O2S. The Morgan fingerprint density at radius 3 is 2.66 bits per heavy atom. The van der Waals surface area contributed by atoms with Crippen LogP contribution in [0.15, 0.2) is 42.5 Å². The van der Waals surface area contributed by atoms with Crippen molar-refractivity contribution in [2.24, 2.45) is 0 Å². The highest BCUT2D eigenvalue weighted by Gasteiger charge is 2.45. The fourth-order valence-corrected chi connectivity index (χ4v) is 5.67. The van der Waals surface area contributed by atoms with Crippen molar-refractivity contribution < 1.29 is 9.53 Å². The predicted octanol–water partition coefficient (Wildman–Crippen LogP) is 4.98. The molecule has 2 unspecified atom stereocenters. The Kier molecular flexibility index (Phi) is 4.94. The number of ether oxygens (including phenoxy) is 1. The van der Waals surface area contributed by atoms with Gasteiger partial charge in [0, 0.05) is 31.6 Å². The number of halogens is 1. The Balaban J connectivity index is 1.21. The van der Waals surface area contributed by atoms with E-state index in [0.717, 1.165) is 35.4 Å². The van der Waals surface area contributed by atoms with Crippen molar-refractivity contribution in [3.05, 3.63) is 53.1 Å². The number of thiazole rings is 1. The normalized spacial score (nSPS) is 23.6. The van der Waals surface area contributed by atoms with Gasteiger partial charge in [-0.1, -0.05) is 41.1 Å². The first kappa shape index (κ1) is 18.9. The Labute approximate surface area is 178 Å². The van der Waals surface area contributed by atoms with E-state index in [1.807, 2.05) is 30.3 Å². The van der Waals surface area contributed by atoms with Crippen LogP contribution in [-0.4, -0.2) is 33.9 Å². The minimum Gasteiger partial charge on any atom is -0.431 e. The number of carbonyl (C=O) groups excluding carboxylic acids is 1. The molecule has 1 aromatic heterocycles. The molecule has 2 aliphatic heterocycles. The van der Waals surface area contributed by atoms with Crippen molar-refractivity contribution in [1.29, 1.82) is 0 Å². The lowest BCUT2D eigenvalue weighted by molar-refractivity contribution is -0.121. The van der Waals surface area contributed by atoms with Crippen LogP contribution < -0.4 is 10.1 Å². The van der Waals surface area contributed by atoms with Gasteiger partial charge in [0.05, 0.1) is 9.72 Å². The van der Waals surface area contributed by atoms with Gasteiger partial charge in [0.1, 0.15) is 11.3 Å². The number of rotatable bonds is 5. The summed E-state index contributed by atoms with van der Waals surface area (Å²) in [5.41, 5.74) is 2.06. The summed E-state index contributed by atoms with van der Waals surface area (Å²) in [7, 11) is 0. The van der Waals surface area contributed by atoms with Gasteiger partial charge >= 0.3 is 0 Å². The zero-order valence-corrected chi connectivity index (χ0v) is 17.7. The second kappa shape index (κ2) is 7.59. The van der Waals surface area contributed by atoms with Crippen LogP contribution in [0.25, 0.3) is 10.2 Å². The van der Waals surface area contributed by atoms with Crippen LogP contribution in [0.4, 0.5) is 0 Å². The lowest BCUT2D eigenvalue weighted by Crippen LogP contribution is -2.63. The van der Waals surface area contributed by atoms with Gasteiger partial charge in [0.2, 0.25) is 5.91 Å². The van der Waals surface area contributed by atoms with Crippen molar-refractivity contribution in [3.63, 3.8) is 0 Å². The van der Waals surface area contributed by atoms with Gasteiger partial charge in [0.15, 0.2) is 0 Å². The zero-order chi connectivity index (χ0) is 20.0. The molecule has 0 radical (unpaired) electrons. The minimum absolute atomic E-state index is 0.0776. The van der Waals surface area contributed by atoms with E-state index in [-0.39, 0.29) is 5.91 Å². The molecule has 2 aromatic carbocycles. The molecule has 3 atom stereocenters. The topological polar surface area (TPSA) is 54.5 Å². The minimum atomic E-state index is 0.0776. The molecule has 2 saturated heterocycles. The van der Waals surface area contributed by atoms with Crippen LogP contribution in [0.2, 0.25) is 5.02 Å². The molecule has 1 amide bonds. The van der Waals surface area contributed by atoms with Gasteiger partial charge in [-0.2, -0.15) is 0 Å². The lowest BCUT2D eigenvalue weighted by atomic mass is 9.76. The molecule has 2 bridgehead atoms. The number of hydrogen-bond donors (Lipinski definition) is 1. The molecule has 1 saturated carbocycles. The third-order valence-electron chi connectivity index (χ3n) is 5.85. The van der Waals surface area contributed by atoms with Crippen LogP contribution in [0.3, 0.4) is 0 Å². The van der Waals surface area contributed by atoms with Crippen LogP contribution in [0, 0.1) is 0 Å². The highest BCUT2D eigenvalue weighted by Crippen LogP contribution is 2.40. The monoisotopic (exact) mass is 427 g/mol. The largest absolute Gasteiger partial charge is 0.431 e. The van der Waals surface area contributed by atoms with Gasteiger partial charge in [-0.25, -0.2) is 4.98 Å². The molecule has 7 heteroatoms. The van der Waals surface area contributed by atoms with Crippen LogP contribution in [0.5, 0.6) is 10.9 Å². The average molecular weight is 428 g/mol. The van der Waals surface area contributed by atoms with E-state index in [4.69, 9.17) is 16.3 Å². The quantitative estimate of drug-likeness (QED) is 0.623. The SMILES string of the molecule is CC(=O)NC1CC2C[C@H](C1)N2Cc1ccc(Oc2nc3c(Cl)cccc3s2)cc1. The fraction of sp³-hybridized carbons (Fsp3) is 0.364. The Hall–Kier alpha value is -2.15. The second-order valence-electron chi connectivity index (χ2n) is 7.90. The summed E-state index contributed by atoms with van der Waals surface area (Å²) in [4.78, 5) is 18.3. The maximum atomic E-state index is 11.3. The number of nitrogens with zero attached hydrogens (tertiary/aromatic N) is 2. The summed E-state index contributed by atoms with van der Waals surface area (Å²) in [5.74, 6) is 0.854. The van der Waals surface area contributed by atoms with E-state index >= 15 is 0 Å². The first-order valence-electron chi connectivity index (χ1n) is 9.90. The average Bonchev–Trinajstić information content (AvgIpc) is 3.11. The highest BCUT2D eigenvalue weighted by atomic mass is 35.5. The summed E-state index contributed by atoms with van der Waals surface area (Å²) in [6.07, 6.45) is 3.35. The van der Waals surface area contributed by atoms with Gasteiger partial charge in [-0.3, -0.25) is 9.69 Å². The molecule has 3 fully saturated rings. The van der Waals surface area contributed by atoms with Crippen molar-refractivity contribution in [2.45, 2.75) is 50.9 Å². The van der Waals surface area contributed by atoms with Gasteiger partial charge < -0.3 is 10.1 Å². The number of carbonyl (C=O) groups is 1. The van der Waals surface area contributed by atoms with Gasteiger partial charge in [-0.05, 0) is 49.1 Å². The molecule has 5 nitrogen and oxygen atoms in total. The maximum Gasteiger partial charge on any atom is 0.279 e. The summed E-state index contributed by atoms with van der Waals surface area (Å²) in [6, 6.07) is 15.5. The number of hydrogen-bond acceptors (Lipinski definition) is 5. The summed E-state index contributed by atoms with van der Waals surface area (Å²) < 4.78 is 6.96. The van der Waals surface area contributed by atoms with Crippen LogP contribution >= 0.6 is 22.9 Å². The number of fused-ring (bicyclic) bond motifs is 3. The van der Waals surface area contributed by atoms with Gasteiger partial charge in [-0.15, -0.1) is 0 Å². The third-order valence-corrected chi connectivity index (χ3v) is 7.05. The molecule has 1 N–H and O–H groups in total. The highest BCUT2D eigenvalue weighted by molar-refractivity contribution is 7.20. The first-order valence-corrected chi connectivity index (χ1v) is 11.1. The fourth-order valence-electron chi connectivity index (χ4n) is 4.54. The van der Waals surface area contributed by atoms with Gasteiger partial charge in [0.25, 0.3) is 5.19 Å². The molecule has 0 spiro atoms. The number of benzene rings is 2.